The smallest absolute Gasteiger partial charge is 0.328 e. The van der Waals surface area contributed by atoms with Crippen molar-refractivity contribution in [1.82, 2.24) is 29.4 Å². The number of nitrogen functional groups attached to an aromatic ring is 1. The van der Waals surface area contributed by atoms with Crippen molar-refractivity contribution in [3.8, 4) is 11.9 Å². The molecule has 4 rings (SSSR count). The molecule has 1 saturated heterocycles. The van der Waals surface area contributed by atoms with Gasteiger partial charge in [0.25, 0.3) is 0 Å². The highest BCUT2D eigenvalue weighted by atomic mass is 16.5. The van der Waals surface area contributed by atoms with E-state index in [1.54, 1.807) is 12.3 Å². The van der Waals surface area contributed by atoms with Crippen LogP contribution in [0.2, 0.25) is 0 Å². The van der Waals surface area contributed by atoms with Crippen LogP contribution in [0.5, 0.6) is 11.9 Å². The van der Waals surface area contributed by atoms with E-state index < -0.39 is 0 Å². The van der Waals surface area contributed by atoms with Gasteiger partial charge in [-0.15, -0.1) is 0 Å². The number of hydrogen-bond acceptors (Lipinski definition) is 10. The highest BCUT2D eigenvalue weighted by Gasteiger charge is 2.25. The second-order valence-corrected chi connectivity index (χ2v) is 9.15. The fourth-order valence-electron chi connectivity index (χ4n) is 4.35. The molecule has 3 aromatic rings. The van der Waals surface area contributed by atoms with Gasteiger partial charge in [0, 0.05) is 18.8 Å². The van der Waals surface area contributed by atoms with E-state index in [1.807, 2.05) is 6.07 Å². The zero-order chi connectivity index (χ0) is 26.2. The Kier molecular flexibility index (Phi) is 8.94. The van der Waals surface area contributed by atoms with E-state index in [1.165, 1.54) is 11.7 Å². The number of rotatable bonds is 12. The van der Waals surface area contributed by atoms with E-state index >= 15 is 0 Å². The number of likely N-dealkylation sites (tertiary alicyclic amines) is 1. The van der Waals surface area contributed by atoms with Crippen LogP contribution < -0.4 is 20.9 Å². The van der Waals surface area contributed by atoms with Crippen molar-refractivity contribution in [3.63, 3.8) is 0 Å². The lowest BCUT2D eigenvalue weighted by molar-refractivity contribution is -0.147. The average molecular weight is 514 g/mol. The number of esters is 1. The summed E-state index contributed by atoms with van der Waals surface area (Å²) in [7, 11) is 1.44. The molecule has 0 atom stereocenters. The number of aromatic nitrogens is 5. The van der Waals surface area contributed by atoms with Crippen LogP contribution in [-0.4, -0.2) is 75.3 Å². The molecule has 0 saturated carbocycles. The van der Waals surface area contributed by atoms with E-state index in [9.17, 15) is 9.59 Å². The van der Waals surface area contributed by atoms with Crippen LogP contribution in [0.4, 0.5) is 5.82 Å². The molecular weight excluding hydrogens is 478 g/mol. The second-order valence-electron chi connectivity index (χ2n) is 9.15. The molecule has 12 heteroatoms. The van der Waals surface area contributed by atoms with E-state index in [4.69, 9.17) is 19.9 Å². The summed E-state index contributed by atoms with van der Waals surface area (Å²) in [5, 5.41) is 0. The number of carbonyl (C=O) groups excluding carboxylic acids is 1. The summed E-state index contributed by atoms with van der Waals surface area (Å²) in [4.78, 5) is 42.2. The first-order valence-electron chi connectivity index (χ1n) is 12.7. The highest BCUT2D eigenvalue weighted by Crippen LogP contribution is 2.20. The molecule has 200 valence electrons. The number of nitrogens with one attached hydrogen (secondary N) is 1. The molecule has 1 aliphatic rings. The molecule has 0 spiro atoms. The summed E-state index contributed by atoms with van der Waals surface area (Å²) >= 11 is 0. The molecule has 0 unspecified atom stereocenters. The van der Waals surface area contributed by atoms with Crippen molar-refractivity contribution in [2.24, 2.45) is 5.92 Å². The lowest BCUT2D eigenvalue weighted by Crippen LogP contribution is -2.37. The number of imidazole rings is 1. The standard InChI is InChI=1S/C25H35N7O5/c1-3-4-13-37-24-29-21(26)20-22(30-24)32(25(34)28-20)16-17-6-7-19(27-15-17)36-14-5-10-31-11-8-18(9-12-31)23(33)35-2/h6-7,15,18H,3-5,8-14,16H2,1-2H3,(H,28,34)(H2,26,29,30). The third-order valence-electron chi connectivity index (χ3n) is 6.49. The molecule has 0 aromatic carbocycles. The molecule has 4 heterocycles. The minimum Gasteiger partial charge on any atom is -0.478 e. The number of pyridine rings is 1. The maximum Gasteiger partial charge on any atom is 0.328 e. The molecule has 1 aliphatic heterocycles. The third kappa shape index (κ3) is 6.76. The van der Waals surface area contributed by atoms with Crippen LogP contribution in [0, 0.1) is 5.92 Å². The summed E-state index contributed by atoms with van der Waals surface area (Å²) in [5.74, 6) is 0.608. The number of H-pyrrole nitrogens is 1. The predicted octanol–water partition coefficient (Wildman–Crippen LogP) is 1.98. The van der Waals surface area contributed by atoms with Gasteiger partial charge in [-0.05, 0) is 44.3 Å². The topological polar surface area (TPSA) is 150 Å². The van der Waals surface area contributed by atoms with Crippen molar-refractivity contribution >= 4 is 23.0 Å². The molecular formula is C25H35N7O5. The number of methoxy groups -OCH3 is 1. The summed E-state index contributed by atoms with van der Waals surface area (Å²) in [5.41, 5.74) is 7.27. The number of ether oxygens (including phenoxy) is 3. The monoisotopic (exact) mass is 513 g/mol. The van der Waals surface area contributed by atoms with Gasteiger partial charge in [0.15, 0.2) is 11.5 Å². The molecule has 0 amide bonds. The molecule has 0 bridgehead atoms. The van der Waals surface area contributed by atoms with Gasteiger partial charge in [-0.2, -0.15) is 9.97 Å². The molecule has 3 N–H and O–H groups in total. The van der Waals surface area contributed by atoms with E-state index in [-0.39, 0.29) is 36.0 Å². The SMILES string of the molecule is CCCCOc1nc(N)c2[nH]c(=O)n(Cc3ccc(OCCCN4CCC(C(=O)OC)CC4)nc3)c2n1. The fraction of sp³-hybridized carbons (Fsp3) is 0.560. The Morgan fingerprint density at radius 2 is 1.95 bits per heavy atom. The third-order valence-corrected chi connectivity index (χ3v) is 6.49. The minimum absolute atomic E-state index is 0.0197. The predicted molar refractivity (Wildman–Crippen MR) is 138 cm³/mol. The van der Waals surface area contributed by atoms with Crippen molar-refractivity contribution in [3.05, 3.63) is 34.4 Å². The maximum absolute atomic E-state index is 12.6. The molecule has 12 nitrogen and oxygen atoms in total. The Morgan fingerprint density at radius 1 is 1.16 bits per heavy atom. The van der Waals surface area contributed by atoms with Crippen molar-refractivity contribution in [2.45, 2.75) is 45.6 Å². The quantitative estimate of drug-likeness (QED) is 0.272. The largest absolute Gasteiger partial charge is 0.478 e. The Hall–Kier alpha value is -3.67. The number of unbranched alkanes of at least 4 members (excludes halogenated alkanes) is 1. The fourth-order valence-corrected chi connectivity index (χ4v) is 4.35. The van der Waals surface area contributed by atoms with Gasteiger partial charge in [0.05, 0.1) is 32.8 Å². The van der Waals surface area contributed by atoms with Gasteiger partial charge in [0.2, 0.25) is 5.88 Å². The Morgan fingerprint density at radius 3 is 2.65 bits per heavy atom. The second kappa shape index (κ2) is 12.5. The van der Waals surface area contributed by atoms with Crippen LogP contribution in [0.25, 0.3) is 11.2 Å². The van der Waals surface area contributed by atoms with Gasteiger partial charge in [-0.1, -0.05) is 19.4 Å². The molecule has 37 heavy (non-hydrogen) atoms. The number of aromatic amines is 1. The Balaban J connectivity index is 1.29. The van der Waals surface area contributed by atoms with E-state index in [2.05, 4.69) is 31.8 Å². The van der Waals surface area contributed by atoms with E-state index in [0.29, 0.717) is 30.3 Å². The first-order valence-corrected chi connectivity index (χ1v) is 12.7. The lowest BCUT2D eigenvalue weighted by Gasteiger charge is -2.30. The van der Waals surface area contributed by atoms with Crippen molar-refractivity contribution in [1.29, 1.82) is 0 Å². The highest BCUT2D eigenvalue weighted by molar-refractivity contribution is 5.81. The minimum atomic E-state index is -0.336. The zero-order valence-corrected chi connectivity index (χ0v) is 21.4. The number of hydrogen-bond donors (Lipinski definition) is 2. The first kappa shape index (κ1) is 26.4. The number of anilines is 1. The molecule has 0 aliphatic carbocycles. The Bertz CT molecular complexity index is 1230. The number of nitrogens with zero attached hydrogens (tertiary/aromatic N) is 5. The number of piperidine rings is 1. The van der Waals surface area contributed by atoms with Gasteiger partial charge >= 0.3 is 17.7 Å². The lowest BCUT2D eigenvalue weighted by atomic mass is 9.97. The summed E-state index contributed by atoms with van der Waals surface area (Å²) in [6.07, 6.45) is 6.07. The maximum atomic E-state index is 12.6. The van der Waals surface area contributed by atoms with Crippen molar-refractivity contribution in [2.75, 3.05) is 45.7 Å². The number of nitrogens with two attached hydrogens (primary N) is 1. The van der Waals surface area contributed by atoms with Crippen LogP contribution in [0.3, 0.4) is 0 Å². The summed E-state index contributed by atoms with van der Waals surface area (Å²) < 4.78 is 17.7. The Labute approximate surface area is 215 Å². The van der Waals surface area contributed by atoms with Crippen LogP contribution >= 0.6 is 0 Å². The molecule has 0 radical (unpaired) electrons. The van der Waals surface area contributed by atoms with E-state index in [0.717, 1.165) is 57.3 Å². The average Bonchev–Trinajstić information content (AvgIpc) is 3.23. The summed E-state index contributed by atoms with van der Waals surface area (Å²) in [6, 6.07) is 3.81. The van der Waals surface area contributed by atoms with Gasteiger partial charge in [-0.25, -0.2) is 9.78 Å². The number of carbonyl (C=O) groups is 1. The molecule has 3 aromatic heterocycles. The van der Waals surface area contributed by atoms with Crippen LogP contribution in [-0.2, 0) is 16.1 Å². The van der Waals surface area contributed by atoms with Gasteiger partial charge < -0.3 is 29.8 Å². The van der Waals surface area contributed by atoms with Crippen molar-refractivity contribution < 1.29 is 19.0 Å². The normalized spacial score (nSPS) is 14.6. The zero-order valence-electron chi connectivity index (χ0n) is 21.4. The van der Waals surface area contributed by atoms with Gasteiger partial charge in [-0.3, -0.25) is 9.36 Å². The van der Waals surface area contributed by atoms with Crippen LogP contribution in [0.15, 0.2) is 23.1 Å². The summed E-state index contributed by atoms with van der Waals surface area (Å²) in [6.45, 7) is 6.04. The van der Waals surface area contributed by atoms with Crippen LogP contribution in [0.1, 0.15) is 44.6 Å². The first-order chi connectivity index (χ1) is 18.0. The number of fused-ring (bicyclic) bond motifs is 1. The van der Waals surface area contributed by atoms with Gasteiger partial charge in [0.1, 0.15) is 5.52 Å². The molecule has 1 fully saturated rings.